The van der Waals surface area contributed by atoms with Crippen molar-refractivity contribution in [1.82, 2.24) is 10.2 Å². The van der Waals surface area contributed by atoms with Crippen molar-refractivity contribution in [3.63, 3.8) is 0 Å². The Morgan fingerprint density at radius 1 is 1.36 bits per heavy atom. The molecule has 7 nitrogen and oxygen atoms in total. The molecule has 22 heavy (non-hydrogen) atoms. The maximum atomic E-state index is 12.4. The molecule has 0 aromatic carbocycles. The summed E-state index contributed by atoms with van der Waals surface area (Å²) in [6.07, 6.45) is -0.419. The molecule has 1 heterocycles. The van der Waals surface area contributed by atoms with E-state index in [1.807, 2.05) is 34.6 Å². The quantitative estimate of drug-likeness (QED) is 0.775. The first-order valence-corrected chi connectivity index (χ1v) is 7.59. The van der Waals surface area contributed by atoms with Crippen molar-refractivity contribution < 1.29 is 23.8 Å². The number of nitrogens with zero attached hydrogens (tertiary/aromatic N) is 1. The first-order valence-electron chi connectivity index (χ1n) is 7.59. The van der Waals surface area contributed by atoms with Gasteiger partial charge in [-0.05, 0) is 41.5 Å². The van der Waals surface area contributed by atoms with Crippen molar-refractivity contribution in [1.29, 1.82) is 0 Å². The van der Waals surface area contributed by atoms with Crippen molar-refractivity contribution in [2.75, 3.05) is 26.3 Å². The number of hydrogen-bond acceptors (Lipinski definition) is 6. The van der Waals surface area contributed by atoms with E-state index < -0.39 is 17.4 Å². The van der Waals surface area contributed by atoms with Crippen molar-refractivity contribution in [2.24, 2.45) is 0 Å². The summed E-state index contributed by atoms with van der Waals surface area (Å²) in [4.78, 5) is 25.3. The molecule has 128 valence electrons. The molecule has 0 aliphatic carbocycles. The van der Waals surface area contributed by atoms with Crippen molar-refractivity contribution in [3.05, 3.63) is 0 Å². The average molecular weight is 316 g/mol. The van der Waals surface area contributed by atoms with Gasteiger partial charge in [-0.3, -0.25) is 9.69 Å². The van der Waals surface area contributed by atoms with Crippen LogP contribution < -0.4 is 5.32 Å². The molecule has 1 saturated heterocycles. The topological polar surface area (TPSA) is 77.1 Å². The van der Waals surface area contributed by atoms with Crippen molar-refractivity contribution in [3.8, 4) is 0 Å². The third-order valence-electron chi connectivity index (χ3n) is 3.12. The van der Waals surface area contributed by atoms with E-state index in [0.29, 0.717) is 19.8 Å². The van der Waals surface area contributed by atoms with E-state index in [1.54, 1.807) is 11.8 Å². The SMILES string of the molecule is CCOC(=O)CNCC1COC(C)(C)N1C(=O)OC(C)(C)C. The standard InChI is InChI=1S/C15H28N2O5/c1-7-20-12(18)9-16-8-11-10-21-15(5,6)17(11)13(19)22-14(2,3)4/h11,16H,7-10H2,1-6H3. The second kappa shape index (κ2) is 7.28. The number of rotatable bonds is 5. The number of carbonyl (C=O) groups is 2. The first-order chi connectivity index (χ1) is 10.1. The predicted molar refractivity (Wildman–Crippen MR) is 81.4 cm³/mol. The van der Waals surface area contributed by atoms with Gasteiger partial charge in [0.25, 0.3) is 0 Å². The zero-order valence-electron chi connectivity index (χ0n) is 14.4. The maximum Gasteiger partial charge on any atom is 0.412 e. The fraction of sp³-hybridized carbons (Fsp3) is 0.867. The van der Waals surface area contributed by atoms with Crippen LogP contribution in [0.4, 0.5) is 4.79 Å². The molecular weight excluding hydrogens is 288 g/mol. The summed E-state index contributed by atoms with van der Waals surface area (Å²) in [5, 5.41) is 2.99. The van der Waals surface area contributed by atoms with Gasteiger partial charge in [0.05, 0.1) is 25.8 Å². The van der Waals surface area contributed by atoms with Crippen LogP contribution in [0.15, 0.2) is 0 Å². The minimum atomic E-state index is -0.737. The molecule has 1 fully saturated rings. The normalized spacial score (nSPS) is 20.8. The summed E-state index contributed by atoms with van der Waals surface area (Å²) >= 11 is 0. The highest BCUT2D eigenvalue weighted by molar-refractivity contribution is 5.71. The van der Waals surface area contributed by atoms with E-state index in [4.69, 9.17) is 14.2 Å². The minimum Gasteiger partial charge on any atom is -0.465 e. The molecule has 1 aliphatic rings. The Morgan fingerprint density at radius 2 is 2.00 bits per heavy atom. The molecule has 1 N–H and O–H groups in total. The van der Waals surface area contributed by atoms with Crippen LogP contribution in [0.25, 0.3) is 0 Å². The molecular formula is C15H28N2O5. The zero-order chi connectivity index (χ0) is 17.0. The summed E-state index contributed by atoms with van der Waals surface area (Å²) in [6.45, 7) is 12.1. The summed E-state index contributed by atoms with van der Waals surface area (Å²) in [6, 6.07) is -0.195. The van der Waals surface area contributed by atoms with E-state index in [2.05, 4.69) is 5.32 Å². The molecule has 7 heteroatoms. The number of hydrogen-bond donors (Lipinski definition) is 1. The number of amides is 1. The lowest BCUT2D eigenvalue weighted by Crippen LogP contribution is -2.52. The summed E-state index contributed by atoms with van der Waals surface area (Å²) < 4.78 is 16.0. The Hall–Kier alpha value is -1.34. The van der Waals surface area contributed by atoms with Gasteiger partial charge in [0.2, 0.25) is 0 Å². The molecule has 0 aromatic heterocycles. The molecule has 0 spiro atoms. The maximum absolute atomic E-state index is 12.4. The highest BCUT2D eigenvalue weighted by atomic mass is 16.6. The van der Waals surface area contributed by atoms with E-state index in [9.17, 15) is 9.59 Å². The largest absolute Gasteiger partial charge is 0.465 e. The van der Waals surface area contributed by atoms with Crippen molar-refractivity contribution in [2.45, 2.75) is 58.9 Å². The second-order valence-corrected chi connectivity index (χ2v) is 6.70. The van der Waals surface area contributed by atoms with Crippen LogP contribution >= 0.6 is 0 Å². The Morgan fingerprint density at radius 3 is 2.55 bits per heavy atom. The molecule has 0 radical (unpaired) electrons. The van der Waals surface area contributed by atoms with E-state index >= 15 is 0 Å². The van der Waals surface area contributed by atoms with Gasteiger partial charge in [0.1, 0.15) is 11.3 Å². The van der Waals surface area contributed by atoms with Gasteiger partial charge in [-0.1, -0.05) is 0 Å². The number of esters is 1. The van der Waals surface area contributed by atoms with E-state index in [1.165, 1.54) is 0 Å². The Kier molecular flexibility index (Phi) is 6.19. The molecule has 1 rings (SSSR count). The summed E-state index contributed by atoms with van der Waals surface area (Å²) in [5.74, 6) is -0.315. The van der Waals surface area contributed by atoms with Gasteiger partial charge in [0.15, 0.2) is 0 Å². The fourth-order valence-electron chi connectivity index (χ4n) is 2.27. The van der Waals surface area contributed by atoms with Crippen LogP contribution in [-0.4, -0.2) is 60.6 Å². The van der Waals surface area contributed by atoms with Crippen LogP contribution in [-0.2, 0) is 19.0 Å². The second-order valence-electron chi connectivity index (χ2n) is 6.70. The van der Waals surface area contributed by atoms with E-state index in [0.717, 1.165) is 0 Å². The Labute approximate surface area is 132 Å². The number of ether oxygens (including phenoxy) is 3. The van der Waals surface area contributed by atoms with Crippen LogP contribution in [0.5, 0.6) is 0 Å². The fourth-order valence-corrected chi connectivity index (χ4v) is 2.27. The van der Waals surface area contributed by atoms with Crippen LogP contribution in [0.1, 0.15) is 41.5 Å². The lowest BCUT2D eigenvalue weighted by molar-refractivity contribution is -0.142. The summed E-state index contributed by atoms with van der Waals surface area (Å²) in [7, 11) is 0. The van der Waals surface area contributed by atoms with Gasteiger partial charge < -0.3 is 19.5 Å². The number of carbonyl (C=O) groups excluding carboxylic acids is 2. The molecule has 1 unspecified atom stereocenters. The third-order valence-corrected chi connectivity index (χ3v) is 3.12. The Balaban J connectivity index is 2.61. The average Bonchev–Trinajstić information content (AvgIpc) is 2.62. The van der Waals surface area contributed by atoms with E-state index in [-0.39, 0.29) is 18.6 Å². The molecule has 1 atom stereocenters. The third kappa shape index (κ3) is 5.46. The molecule has 0 bridgehead atoms. The van der Waals surface area contributed by atoms with Crippen LogP contribution in [0, 0.1) is 0 Å². The first kappa shape index (κ1) is 18.7. The van der Waals surface area contributed by atoms with Gasteiger partial charge in [0, 0.05) is 6.54 Å². The van der Waals surface area contributed by atoms with Crippen LogP contribution in [0.2, 0.25) is 0 Å². The highest BCUT2D eigenvalue weighted by Gasteiger charge is 2.45. The molecule has 1 aliphatic heterocycles. The number of nitrogens with one attached hydrogen (secondary N) is 1. The van der Waals surface area contributed by atoms with Gasteiger partial charge >= 0.3 is 12.1 Å². The highest BCUT2D eigenvalue weighted by Crippen LogP contribution is 2.29. The zero-order valence-corrected chi connectivity index (χ0v) is 14.4. The molecule has 1 amide bonds. The van der Waals surface area contributed by atoms with Gasteiger partial charge in [-0.25, -0.2) is 4.79 Å². The van der Waals surface area contributed by atoms with Crippen LogP contribution in [0.3, 0.4) is 0 Å². The molecule has 0 saturated carbocycles. The van der Waals surface area contributed by atoms with Crippen molar-refractivity contribution >= 4 is 12.1 Å². The summed E-state index contributed by atoms with van der Waals surface area (Å²) in [5.41, 5.74) is -1.31. The monoisotopic (exact) mass is 316 g/mol. The Bertz CT molecular complexity index is 403. The van der Waals surface area contributed by atoms with Gasteiger partial charge in [-0.15, -0.1) is 0 Å². The predicted octanol–water partition coefficient (Wildman–Crippen LogP) is 1.51. The minimum absolute atomic E-state index is 0.104. The smallest absolute Gasteiger partial charge is 0.412 e. The van der Waals surface area contributed by atoms with Gasteiger partial charge in [-0.2, -0.15) is 0 Å². The molecule has 0 aromatic rings. The lowest BCUT2D eigenvalue weighted by Gasteiger charge is -2.35. The lowest BCUT2D eigenvalue weighted by atomic mass is 10.2.